The van der Waals surface area contributed by atoms with Crippen LogP contribution in [0.1, 0.15) is 59.9 Å². The van der Waals surface area contributed by atoms with Gasteiger partial charge in [-0.3, -0.25) is 4.79 Å². The van der Waals surface area contributed by atoms with Gasteiger partial charge >= 0.3 is 6.18 Å². The summed E-state index contributed by atoms with van der Waals surface area (Å²) in [6.07, 6.45) is 0.484. The maximum atomic E-state index is 12.9. The molecular formula is C25H27F3N4OS. The Bertz CT molecular complexity index is 1200. The molecular weight excluding hydrogens is 461 g/mol. The molecule has 0 radical (unpaired) electrons. The largest absolute Gasteiger partial charge is 0.416 e. The van der Waals surface area contributed by atoms with Crippen molar-refractivity contribution in [3.63, 3.8) is 0 Å². The summed E-state index contributed by atoms with van der Waals surface area (Å²) in [6, 6.07) is 5.10. The number of hydrogen-bond acceptors (Lipinski definition) is 5. The first-order chi connectivity index (χ1) is 16.3. The number of nitrogens with one attached hydrogen (secondary N) is 1. The predicted octanol–water partition coefficient (Wildman–Crippen LogP) is 5.82. The third-order valence-corrected chi connectivity index (χ3v) is 7.89. The van der Waals surface area contributed by atoms with Crippen molar-refractivity contribution < 1.29 is 18.0 Å². The first-order valence-electron chi connectivity index (χ1n) is 11.7. The molecule has 34 heavy (non-hydrogen) atoms. The van der Waals surface area contributed by atoms with Crippen molar-refractivity contribution in [2.24, 2.45) is 5.92 Å². The number of benzene rings is 1. The highest BCUT2D eigenvalue weighted by Crippen LogP contribution is 2.39. The summed E-state index contributed by atoms with van der Waals surface area (Å²) in [5.41, 5.74) is 0.754. The van der Waals surface area contributed by atoms with Crippen molar-refractivity contribution in [2.75, 3.05) is 18.0 Å². The fourth-order valence-corrected chi connectivity index (χ4v) is 5.50. The van der Waals surface area contributed by atoms with E-state index in [9.17, 15) is 18.0 Å². The van der Waals surface area contributed by atoms with Crippen molar-refractivity contribution in [3.8, 4) is 0 Å². The number of carbonyl (C=O) groups is 1. The average molecular weight is 489 g/mol. The Morgan fingerprint density at radius 3 is 2.62 bits per heavy atom. The van der Waals surface area contributed by atoms with Gasteiger partial charge in [-0.1, -0.05) is 18.6 Å². The van der Waals surface area contributed by atoms with Gasteiger partial charge in [-0.05, 0) is 50.3 Å². The number of nitrogens with zero attached hydrogens (tertiary/aromatic N) is 3. The maximum Gasteiger partial charge on any atom is 0.416 e. The molecule has 1 saturated carbocycles. The number of anilines is 1. The zero-order chi connectivity index (χ0) is 23.9. The van der Waals surface area contributed by atoms with Crippen LogP contribution in [0.15, 0.2) is 29.6 Å². The van der Waals surface area contributed by atoms with Crippen LogP contribution >= 0.6 is 11.3 Å². The van der Waals surface area contributed by atoms with Crippen molar-refractivity contribution in [2.45, 2.75) is 57.7 Å². The molecule has 1 N–H and O–H groups in total. The second kappa shape index (κ2) is 9.17. The monoisotopic (exact) mass is 488 g/mol. The van der Waals surface area contributed by atoms with Gasteiger partial charge in [-0.15, -0.1) is 11.3 Å². The number of thiophene rings is 1. The first-order valence-corrected chi connectivity index (χ1v) is 12.6. The van der Waals surface area contributed by atoms with Gasteiger partial charge in [0.25, 0.3) is 0 Å². The molecule has 0 atom stereocenters. The lowest BCUT2D eigenvalue weighted by atomic mass is 9.85. The van der Waals surface area contributed by atoms with Gasteiger partial charge in [-0.25, -0.2) is 9.97 Å². The highest BCUT2D eigenvalue weighted by Gasteiger charge is 2.31. The van der Waals surface area contributed by atoms with E-state index in [0.29, 0.717) is 37.4 Å². The molecule has 9 heteroatoms. The molecule has 1 aliphatic heterocycles. The minimum absolute atomic E-state index is 0.0916. The smallest absolute Gasteiger partial charge is 0.356 e. The Hall–Kier alpha value is -2.68. The lowest BCUT2D eigenvalue weighted by Gasteiger charge is -2.33. The molecule has 0 bridgehead atoms. The normalized spacial score (nSPS) is 17.7. The van der Waals surface area contributed by atoms with E-state index in [-0.39, 0.29) is 18.4 Å². The number of piperidine rings is 1. The average Bonchev–Trinajstić information content (AvgIpc) is 3.16. The number of halogens is 3. The summed E-state index contributed by atoms with van der Waals surface area (Å²) in [4.78, 5) is 26.0. The van der Waals surface area contributed by atoms with Gasteiger partial charge in [0, 0.05) is 41.7 Å². The highest BCUT2D eigenvalue weighted by atomic mass is 32.1. The van der Waals surface area contributed by atoms with E-state index in [1.165, 1.54) is 17.4 Å². The summed E-state index contributed by atoms with van der Waals surface area (Å²) in [5, 5.41) is 6.04. The zero-order valence-electron chi connectivity index (χ0n) is 19.0. The summed E-state index contributed by atoms with van der Waals surface area (Å²) < 4.78 is 38.8. The number of carbonyl (C=O) groups excluding carboxylic acids is 1. The van der Waals surface area contributed by atoms with Crippen molar-refractivity contribution in [1.29, 1.82) is 0 Å². The van der Waals surface area contributed by atoms with E-state index in [1.54, 1.807) is 17.4 Å². The zero-order valence-corrected chi connectivity index (χ0v) is 19.8. The van der Waals surface area contributed by atoms with Crippen molar-refractivity contribution in [3.05, 3.63) is 51.5 Å². The van der Waals surface area contributed by atoms with Crippen LogP contribution in [0.5, 0.6) is 0 Å². The number of aromatic nitrogens is 2. The SMILES string of the molecule is Cc1scc2nc(C3CCC3)nc(N3CCC(C(=O)NCc4cccc(C(F)(F)F)c4)CC3)c12. The lowest BCUT2D eigenvalue weighted by molar-refractivity contribution is -0.137. The van der Waals surface area contributed by atoms with Gasteiger partial charge < -0.3 is 10.2 Å². The van der Waals surface area contributed by atoms with Gasteiger partial charge in [0.1, 0.15) is 11.6 Å². The molecule has 2 fully saturated rings. The van der Waals surface area contributed by atoms with Gasteiger partial charge in [0.15, 0.2) is 0 Å². The highest BCUT2D eigenvalue weighted by molar-refractivity contribution is 7.11. The molecule has 2 aliphatic rings. The minimum atomic E-state index is -4.39. The Morgan fingerprint density at radius 2 is 1.94 bits per heavy atom. The van der Waals surface area contributed by atoms with Gasteiger partial charge in [0.2, 0.25) is 5.91 Å². The second-order valence-electron chi connectivity index (χ2n) is 9.26. The number of alkyl halides is 3. The molecule has 1 aliphatic carbocycles. The number of fused-ring (bicyclic) bond motifs is 1. The Kier molecular flexibility index (Phi) is 6.22. The maximum absolute atomic E-state index is 12.9. The first kappa shape index (κ1) is 23.1. The van der Waals surface area contributed by atoms with Crippen LogP contribution in [-0.4, -0.2) is 29.0 Å². The molecule has 1 aromatic carbocycles. The summed E-state index contributed by atoms with van der Waals surface area (Å²) in [7, 11) is 0. The quantitative estimate of drug-likeness (QED) is 0.492. The molecule has 5 nitrogen and oxygen atoms in total. The fourth-order valence-electron chi connectivity index (χ4n) is 4.73. The Labute approximate surface area is 200 Å². The molecule has 3 aromatic rings. The number of aryl methyl sites for hydroxylation is 1. The Morgan fingerprint density at radius 1 is 1.18 bits per heavy atom. The molecule has 5 rings (SSSR count). The van der Waals surface area contributed by atoms with E-state index in [2.05, 4.69) is 22.5 Å². The van der Waals surface area contributed by atoms with Crippen molar-refractivity contribution >= 4 is 34.0 Å². The van der Waals surface area contributed by atoms with Crippen LogP contribution in [0.4, 0.5) is 19.0 Å². The van der Waals surface area contributed by atoms with Crippen LogP contribution < -0.4 is 10.2 Å². The van der Waals surface area contributed by atoms with Gasteiger partial charge in [-0.2, -0.15) is 13.2 Å². The number of rotatable bonds is 5. The molecule has 1 saturated heterocycles. The van der Waals surface area contributed by atoms with E-state index in [0.717, 1.165) is 47.5 Å². The molecule has 2 aromatic heterocycles. The van der Waals surface area contributed by atoms with Crippen LogP contribution in [-0.2, 0) is 17.5 Å². The predicted molar refractivity (Wildman–Crippen MR) is 127 cm³/mol. The Balaban J connectivity index is 1.23. The summed E-state index contributed by atoms with van der Waals surface area (Å²) in [5.74, 6) is 2.10. The lowest BCUT2D eigenvalue weighted by Crippen LogP contribution is -2.41. The molecule has 0 spiro atoms. The third kappa shape index (κ3) is 4.62. The summed E-state index contributed by atoms with van der Waals surface area (Å²) in [6.45, 7) is 3.62. The van der Waals surface area contributed by atoms with Crippen LogP contribution in [0, 0.1) is 12.8 Å². The van der Waals surface area contributed by atoms with E-state index in [4.69, 9.17) is 9.97 Å². The topological polar surface area (TPSA) is 58.1 Å². The van der Waals surface area contributed by atoms with Crippen LogP contribution in [0.3, 0.4) is 0 Å². The van der Waals surface area contributed by atoms with Gasteiger partial charge in [0.05, 0.1) is 16.5 Å². The third-order valence-electron chi connectivity index (χ3n) is 6.99. The van der Waals surface area contributed by atoms with E-state index < -0.39 is 11.7 Å². The molecule has 0 unspecified atom stereocenters. The molecule has 180 valence electrons. The van der Waals surface area contributed by atoms with E-state index >= 15 is 0 Å². The van der Waals surface area contributed by atoms with Crippen LogP contribution in [0.2, 0.25) is 0 Å². The minimum Gasteiger partial charge on any atom is -0.356 e. The van der Waals surface area contributed by atoms with E-state index in [1.807, 2.05) is 0 Å². The van der Waals surface area contributed by atoms with Crippen LogP contribution in [0.25, 0.3) is 10.9 Å². The van der Waals surface area contributed by atoms with Crippen molar-refractivity contribution in [1.82, 2.24) is 15.3 Å². The number of amides is 1. The standard InChI is InChI=1S/C25H27F3N4OS/c1-15-21-20(14-34-15)30-22(17-5-3-6-17)31-23(21)32-10-8-18(9-11-32)24(33)29-13-16-4-2-7-19(12-16)25(26,27)28/h2,4,7,12,14,17-18H,3,5-6,8-11,13H2,1H3,(H,29,33). The second-order valence-corrected chi connectivity index (χ2v) is 10.3. The number of hydrogen-bond donors (Lipinski definition) is 1. The molecule has 1 amide bonds. The molecule has 3 heterocycles. The summed E-state index contributed by atoms with van der Waals surface area (Å²) >= 11 is 1.69. The fraction of sp³-hybridized carbons (Fsp3) is 0.480.